The van der Waals surface area contributed by atoms with E-state index >= 15 is 0 Å². The van der Waals surface area contributed by atoms with Gasteiger partial charge in [-0.05, 0) is 30.0 Å². The number of ether oxygens (including phenoxy) is 2. The van der Waals surface area contributed by atoms with Crippen molar-refractivity contribution in [2.24, 2.45) is 0 Å². The van der Waals surface area contributed by atoms with Crippen LogP contribution in [0.2, 0.25) is 0 Å². The molecule has 1 aromatic carbocycles. The second-order valence-electron chi connectivity index (χ2n) is 4.68. The summed E-state index contributed by atoms with van der Waals surface area (Å²) >= 11 is 0. The van der Waals surface area contributed by atoms with Gasteiger partial charge in [0, 0.05) is 6.08 Å². The van der Waals surface area contributed by atoms with Crippen molar-refractivity contribution in [3.8, 4) is 5.75 Å². The van der Waals surface area contributed by atoms with Crippen molar-refractivity contribution in [1.82, 2.24) is 0 Å². The average molecular weight is 278 g/mol. The van der Waals surface area contributed by atoms with Crippen LogP contribution in [0.3, 0.4) is 0 Å². The summed E-state index contributed by atoms with van der Waals surface area (Å²) in [6, 6.07) is 7.80. The van der Waals surface area contributed by atoms with Crippen LogP contribution in [0.4, 0.5) is 0 Å². The molecule has 0 fully saturated rings. The Kier molecular flexibility index (Phi) is 6.81. The third kappa shape index (κ3) is 5.45. The zero-order valence-electron chi connectivity index (χ0n) is 12.0. The zero-order chi connectivity index (χ0) is 15.0. The van der Waals surface area contributed by atoms with E-state index < -0.39 is 12.1 Å². The van der Waals surface area contributed by atoms with E-state index in [0.29, 0.717) is 11.7 Å². The van der Waals surface area contributed by atoms with Gasteiger partial charge in [-0.25, -0.2) is 4.79 Å². The van der Waals surface area contributed by atoms with Crippen molar-refractivity contribution in [2.45, 2.75) is 32.3 Å². The highest BCUT2D eigenvalue weighted by atomic mass is 16.5. The standard InChI is InChI=1S/C16H22O4/c1-4-12(3)13-6-8-15(9-7-13)19-10-14(17)11-20-16(18)5-2/h5-9,12,14,17H,2,4,10-11H2,1,3H3. The van der Waals surface area contributed by atoms with Crippen molar-refractivity contribution in [2.75, 3.05) is 13.2 Å². The molecule has 0 spiro atoms. The molecule has 4 heteroatoms. The molecule has 0 aliphatic heterocycles. The molecule has 1 N–H and O–H groups in total. The summed E-state index contributed by atoms with van der Waals surface area (Å²) in [5.74, 6) is 0.654. The maximum Gasteiger partial charge on any atom is 0.330 e. The number of hydrogen-bond donors (Lipinski definition) is 1. The minimum absolute atomic E-state index is 0.0765. The van der Waals surface area contributed by atoms with Gasteiger partial charge in [0.25, 0.3) is 0 Å². The second-order valence-corrected chi connectivity index (χ2v) is 4.68. The molecule has 1 rings (SSSR count). The van der Waals surface area contributed by atoms with Crippen molar-refractivity contribution >= 4 is 5.97 Å². The zero-order valence-corrected chi connectivity index (χ0v) is 12.0. The molecular formula is C16H22O4. The number of aliphatic hydroxyl groups is 1. The van der Waals surface area contributed by atoms with E-state index in [2.05, 4.69) is 20.4 Å². The predicted octanol–water partition coefficient (Wildman–Crippen LogP) is 2.67. The third-order valence-electron chi connectivity index (χ3n) is 3.09. The molecule has 0 saturated carbocycles. The van der Waals surface area contributed by atoms with E-state index in [1.807, 2.05) is 24.3 Å². The van der Waals surface area contributed by atoms with Gasteiger partial charge >= 0.3 is 5.97 Å². The van der Waals surface area contributed by atoms with Gasteiger partial charge in [-0.1, -0.05) is 32.6 Å². The van der Waals surface area contributed by atoms with E-state index in [0.717, 1.165) is 12.5 Å². The Morgan fingerprint density at radius 3 is 2.55 bits per heavy atom. The van der Waals surface area contributed by atoms with Gasteiger partial charge in [0.05, 0.1) is 0 Å². The first-order valence-corrected chi connectivity index (χ1v) is 6.76. The average Bonchev–Trinajstić information content (AvgIpc) is 2.50. The monoisotopic (exact) mass is 278 g/mol. The molecule has 0 saturated heterocycles. The number of rotatable bonds is 8. The van der Waals surface area contributed by atoms with Gasteiger partial charge in [0.15, 0.2) is 0 Å². The van der Waals surface area contributed by atoms with E-state index in [9.17, 15) is 9.90 Å². The maximum absolute atomic E-state index is 10.8. The van der Waals surface area contributed by atoms with Crippen LogP contribution in [0.1, 0.15) is 31.7 Å². The quantitative estimate of drug-likeness (QED) is 0.587. The lowest BCUT2D eigenvalue weighted by Gasteiger charge is -2.13. The number of hydrogen-bond acceptors (Lipinski definition) is 4. The SMILES string of the molecule is C=CC(=O)OCC(O)COc1ccc(C(C)CC)cc1. The Hall–Kier alpha value is -1.81. The normalized spacial score (nSPS) is 13.3. The molecule has 110 valence electrons. The van der Waals surface area contributed by atoms with Crippen molar-refractivity contribution in [3.63, 3.8) is 0 Å². The lowest BCUT2D eigenvalue weighted by atomic mass is 9.99. The van der Waals surface area contributed by atoms with Crippen LogP contribution >= 0.6 is 0 Å². The maximum atomic E-state index is 10.8. The largest absolute Gasteiger partial charge is 0.491 e. The van der Waals surface area contributed by atoms with E-state index in [4.69, 9.17) is 9.47 Å². The molecule has 0 bridgehead atoms. The molecular weight excluding hydrogens is 256 g/mol. The van der Waals surface area contributed by atoms with Gasteiger partial charge in [-0.3, -0.25) is 0 Å². The summed E-state index contributed by atoms with van der Waals surface area (Å²) in [5.41, 5.74) is 1.26. The van der Waals surface area contributed by atoms with Crippen molar-refractivity contribution in [3.05, 3.63) is 42.5 Å². The summed E-state index contributed by atoms with van der Waals surface area (Å²) < 4.78 is 10.2. The molecule has 0 amide bonds. The van der Waals surface area contributed by atoms with E-state index in [-0.39, 0.29) is 13.2 Å². The Morgan fingerprint density at radius 2 is 2.00 bits per heavy atom. The van der Waals surface area contributed by atoms with Crippen LogP contribution < -0.4 is 4.74 Å². The number of carbonyl (C=O) groups is 1. The van der Waals surface area contributed by atoms with Crippen LogP contribution in [-0.2, 0) is 9.53 Å². The summed E-state index contributed by atoms with van der Waals surface area (Å²) in [6.45, 7) is 7.57. The van der Waals surface area contributed by atoms with Gasteiger partial charge in [-0.15, -0.1) is 0 Å². The lowest BCUT2D eigenvalue weighted by molar-refractivity contribution is -0.141. The van der Waals surface area contributed by atoms with Gasteiger partial charge < -0.3 is 14.6 Å². The second kappa shape index (κ2) is 8.38. The molecule has 0 radical (unpaired) electrons. The molecule has 0 aromatic heterocycles. The number of aliphatic hydroxyl groups excluding tert-OH is 1. The first kappa shape index (κ1) is 16.2. The fraction of sp³-hybridized carbons (Fsp3) is 0.438. The highest BCUT2D eigenvalue weighted by Gasteiger charge is 2.08. The summed E-state index contributed by atoms with van der Waals surface area (Å²) in [4.78, 5) is 10.8. The Labute approximate surface area is 120 Å². The molecule has 4 nitrogen and oxygen atoms in total. The summed E-state index contributed by atoms with van der Waals surface area (Å²) in [7, 11) is 0. The Bertz CT molecular complexity index is 425. The van der Waals surface area contributed by atoms with Gasteiger partial charge in [-0.2, -0.15) is 0 Å². The molecule has 2 unspecified atom stereocenters. The van der Waals surface area contributed by atoms with E-state index in [1.54, 1.807) is 0 Å². The van der Waals surface area contributed by atoms with Crippen LogP contribution in [0, 0.1) is 0 Å². The molecule has 20 heavy (non-hydrogen) atoms. The molecule has 0 aliphatic carbocycles. The Morgan fingerprint density at radius 1 is 1.35 bits per heavy atom. The summed E-state index contributed by atoms with van der Waals surface area (Å²) in [5, 5.41) is 9.60. The minimum Gasteiger partial charge on any atom is -0.491 e. The van der Waals surface area contributed by atoms with Crippen LogP contribution in [0.25, 0.3) is 0 Å². The fourth-order valence-electron chi connectivity index (χ4n) is 1.61. The number of benzene rings is 1. The lowest BCUT2D eigenvalue weighted by Crippen LogP contribution is -2.24. The van der Waals surface area contributed by atoms with Gasteiger partial charge in [0.1, 0.15) is 25.1 Å². The number of esters is 1. The highest BCUT2D eigenvalue weighted by molar-refractivity contribution is 5.81. The molecule has 0 aliphatic rings. The first-order chi connectivity index (χ1) is 9.56. The Balaban J connectivity index is 2.37. The first-order valence-electron chi connectivity index (χ1n) is 6.76. The minimum atomic E-state index is -0.854. The smallest absolute Gasteiger partial charge is 0.330 e. The van der Waals surface area contributed by atoms with Crippen LogP contribution in [0.5, 0.6) is 5.75 Å². The third-order valence-corrected chi connectivity index (χ3v) is 3.09. The van der Waals surface area contributed by atoms with Crippen LogP contribution in [0.15, 0.2) is 36.9 Å². The predicted molar refractivity (Wildman–Crippen MR) is 77.8 cm³/mol. The topological polar surface area (TPSA) is 55.8 Å². The fourth-order valence-corrected chi connectivity index (χ4v) is 1.61. The van der Waals surface area contributed by atoms with Gasteiger partial charge in [0.2, 0.25) is 0 Å². The molecule has 0 heterocycles. The van der Waals surface area contributed by atoms with Crippen molar-refractivity contribution in [1.29, 1.82) is 0 Å². The molecule has 2 atom stereocenters. The van der Waals surface area contributed by atoms with E-state index in [1.165, 1.54) is 5.56 Å². The van der Waals surface area contributed by atoms with Crippen molar-refractivity contribution < 1.29 is 19.4 Å². The van der Waals surface area contributed by atoms with Crippen LogP contribution in [-0.4, -0.2) is 30.4 Å². The molecule has 1 aromatic rings. The number of carbonyl (C=O) groups excluding carboxylic acids is 1. The highest BCUT2D eigenvalue weighted by Crippen LogP contribution is 2.21. The summed E-state index contributed by atoms with van der Waals surface area (Å²) in [6.07, 6.45) is 1.29.